The van der Waals surface area contributed by atoms with Gasteiger partial charge in [0, 0.05) is 37.5 Å². The average Bonchev–Trinajstić information content (AvgIpc) is 3.26. The Bertz CT molecular complexity index is 1220. The molecule has 0 unspecified atom stereocenters. The third-order valence-corrected chi connectivity index (χ3v) is 6.29. The first kappa shape index (κ1) is 23.6. The first-order valence-corrected chi connectivity index (χ1v) is 12.2. The van der Waals surface area contributed by atoms with Crippen LogP contribution in [0.3, 0.4) is 0 Å². The Balaban J connectivity index is 1.58. The second kappa shape index (κ2) is 11.0. The SMILES string of the molecule is CCOc1ccc(-n2c(Cc3ccccc3)nnc2SCc2ccc(C(=O)N(C)C)cc2)cc1. The Morgan fingerprint density at radius 1 is 0.912 bits per heavy atom. The molecule has 0 N–H and O–H groups in total. The normalized spacial score (nSPS) is 10.8. The number of benzene rings is 3. The molecule has 0 spiro atoms. The van der Waals surface area contributed by atoms with Crippen LogP contribution in [0.4, 0.5) is 0 Å². The Kier molecular flexibility index (Phi) is 7.65. The van der Waals surface area contributed by atoms with Crippen molar-refractivity contribution in [1.29, 1.82) is 0 Å². The van der Waals surface area contributed by atoms with Gasteiger partial charge in [-0.05, 0) is 54.4 Å². The molecule has 0 fully saturated rings. The van der Waals surface area contributed by atoms with E-state index in [4.69, 9.17) is 4.74 Å². The van der Waals surface area contributed by atoms with Crippen LogP contribution >= 0.6 is 11.8 Å². The fourth-order valence-electron chi connectivity index (χ4n) is 3.55. The second-order valence-electron chi connectivity index (χ2n) is 8.01. The van der Waals surface area contributed by atoms with Crippen molar-refractivity contribution in [2.24, 2.45) is 0 Å². The number of ether oxygens (including phenoxy) is 1. The molecule has 174 valence electrons. The summed E-state index contributed by atoms with van der Waals surface area (Å²) in [4.78, 5) is 13.7. The summed E-state index contributed by atoms with van der Waals surface area (Å²) in [6.07, 6.45) is 0.683. The van der Waals surface area contributed by atoms with E-state index in [9.17, 15) is 4.79 Å². The van der Waals surface area contributed by atoms with Crippen molar-refractivity contribution in [2.45, 2.75) is 24.3 Å². The van der Waals surface area contributed by atoms with Crippen LogP contribution in [0.25, 0.3) is 5.69 Å². The topological polar surface area (TPSA) is 60.2 Å². The number of nitrogens with zero attached hydrogens (tertiary/aromatic N) is 4. The van der Waals surface area contributed by atoms with Gasteiger partial charge in [-0.3, -0.25) is 9.36 Å². The predicted octanol–water partition coefficient (Wildman–Crippen LogP) is 5.25. The van der Waals surface area contributed by atoms with Crippen LogP contribution in [0.2, 0.25) is 0 Å². The lowest BCUT2D eigenvalue weighted by atomic mass is 10.1. The maximum atomic E-state index is 12.1. The van der Waals surface area contributed by atoms with Crippen molar-refractivity contribution < 1.29 is 9.53 Å². The van der Waals surface area contributed by atoms with Crippen molar-refractivity contribution in [1.82, 2.24) is 19.7 Å². The van der Waals surface area contributed by atoms with E-state index in [1.54, 1.807) is 30.8 Å². The van der Waals surface area contributed by atoms with Crippen molar-refractivity contribution in [3.05, 3.63) is 101 Å². The molecule has 0 aliphatic carbocycles. The monoisotopic (exact) mass is 472 g/mol. The molecule has 6 nitrogen and oxygen atoms in total. The van der Waals surface area contributed by atoms with Crippen LogP contribution < -0.4 is 4.74 Å². The molecule has 1 heterocycles. The van der Waals surface area contributed by atoms with Gasteiger partial charge in [0.15, 0.2) is 5.16 Å². The maximum Gasteiger partial charge on any atom is 0.253 e. The van der Waals surface area contributed by atoms with Gasteiger partial charge in [-0.15, -0.1) is 10.2 Å². The van der Waals surface area contributed by atoms with E-state index in [1.165, 1.54) is 5.56 Å². The van der Waals surface area contributed by atoms with Gasteiger partial charge in [-0.2, -0.15) is 0 Å². The first-order chi connectivity index (χ1) is 16.5. The van der Waals surface area contributed by atoms with E-state index in [0.29, 0.717) is 18.6 Å². The number of hydrogen-bond acceptors (Lipinski definition) is 5. The summed E-state index contributed by atoms with van der Waals surface area (Å²) in [5, 5.41) is 9.86. The molecule has 1 aromatic heterocycles. The molecule has 3 aromatic carbocycles. The van der Waals surface area contributed by atoms with Gasteiger partial charge in [0.2, 0.25) is 0 Å². The summed E-state index contributed by atoms with van der Waals surface area (Å²) in [5.41, 5.74) is 3.97. The molecule has 7 heteroatoms. The number of thioether (sulfide) groups is 1. The summed E-state index contributed by atoms with van der Waals surface area (Å²) in [5.74, 6) is 2.44. The highest BCUT2D eigenvalue weighted by atomic mass is 32.2. The quantitative estimate of drug-likeness (QED) is 0.311. The van der Waals surface area contributed by atoms with E-state index in [1.807, 2.05) is 73.7 Å². The van der Waals surface area contributed by atoms with Crippen LogP contribution in [0.1, 0.15) is 34.2 Å². The summed E-state index contributed by atoms with van der Waals surface area (Å²) in [6, 6.07) is 26.0. The fraction of sp³-hybridized carbons (Fsp3) is 0.222. The van der Waals surface area contributed by atoms with Crippen molar-refractivity contribution >= 4 is 17.7 Å². The van der Waals surface area contributed by atoms with E-state index in [0.717, 1.165) is 33.7 Å². The highest BCUT2D eigenvalue weighted by molar-refractivity contribution is 7.98. The zero-order valence-electron chi connectivity index (χ0n) is 19.6. The van der Waals surface area contributed by atoms with Gasteiger partial charge in [0.25, 0.3) is 5.91 Å². The maximum absolute atomic E-state index is 12.1. The molecular formula is C27H28N4O2S. The first-order valence-electron chi connectivity index (χ1n) is 11.2. The molecule has 0 saturated heterocycles. The fourth-order valence-corrected chi connectivity index (χ4v) is 4.48. The highest BCUT2D eigenvalue weighted by Gasteiger charge is 2.16. The van der Waals surface area contributed by atoms with E-state index >= 15 is 0 Å². The van der Waals surface area contributed by atoms with Gasteiger partial charge in [0.1, 0.15) is 11.6 Å². The number of hydrogen-bond donors (Lipinski definition) is 0. The number of aromatic nitrogens is 3. The molecule has 0 saturated carbocycles. The number of carbonyl (C=O) groups excluding carboxylic acids is 1. The summed E-state index contributed by atoms with van der Waals surface area (Å²) < 4.78 is 7.72. The van der Waals surface area contributed by atoms with Gasteiger partial charge < -0.3 is 9.64 Å². The second-order valence-corrected chi connectivity index (χ2v) is 8.95. The van der Waals surface area contributed by atoms with Gasteiger partial charge in [0.05, 0.1) is 6.61 Å². The molecule has 0 aliphatic rings. The molecule has 1 amide bonds. The Morgan fingerprint density at radius 2 is 1.62 bits per heavy atom. The molecule has 0 radical (unpaired) electrons. The van der Waals surface area contributed by atoms with Crippen LogP contribution in [0.15, 0.2) is 84.0 Å². The highest BCUT2D eigenvalue weighted by Crippen LogP contribution is 2.27. The standard InChI is InChI=1S/C27H28N4O2S/c1-4-33-24-16-14-23(15-17-24)31-25(18-20-8-6-5-7-9-20)28-29-27(31)34-19-21-10-12-22(13-11-21)26(32)30(2)3/h5-17H,4,18-19H2,1-3H3. The van der Waals surface area contributed by atoms with E-state index in [2.05, 4.69) is 26.9 Å². The van der Waals surface area contributed by atoms with Gasteiger partial charge >= 0.3 is 0 Å². The zero-order chi connectivity index (χ0) is 23.9. The molecule has 4 rings (SSSR count). The summed E-state index contributed by atoms with van der Waals surface area (Å²) in [6.45, 7) is 2.61. The van der Waals surface area contributed by atoms with E-state index < -0.39 is 0 Å². The molecule has 34 heavy (non-hydrogen) atoms. The van der Waals surface area contributed by atoms with Crippen molar-refractivity contribution in [3.8, 4) is 11.4 Å². The number of amides is 1. The minimum Gasteiger partial charge on any atom is -0.494 e. The van der Waals surface area contributed by atoms with Crippen LogP contribution in [0.5, 0.6) is 5.75 Å². The van der Waals surface area contributed by atoms with Crippen LogP contribution in [-0.4, -0.2) is 46.3 Å². The molecule has 0 atom stereocenters. The molecule has 4 aromatic rings. The summed E-state index contributed by atoms with van der Waals surface area (Å²) >= 11 is 1.62. The lowest BCUT2D eigenvalue weighted by Crippen LogP contribution is -2.21. The largest absolute Gasteiger partial charge is 0.494 e. The van der Waals surface area contributed by atoms with Crippen molar-refractivity contribution in [3.63, 3.8) is 0 Å². The minimum absolute atomic E-state index is 0.000000571. The van der Waals surface area contributed by atoms with Gasteiger partial charge in [-0.25, -0.2) is 0 Å². The summed E-state index contributed by atoms with van der Waals surface area (Å²) in [7, 11) is 3.51. The predicted molar refractivity (Wildman–Crippen MR) is 136 cm³/mol. The lowest BCUT2D eigenvalue weighted by Gasteiger charge is -2.12. The smallest absolute Gasteiger partial charge is 0.253 e. The zero-order valence-corrected chi connectivity index (χ0v) is 20.5. The third-order valence-electron chi connectivity index (χ3n) is 5.29. The number of carbonyl (C=O) groups is 1. The molecule has 0 aliphatic heterocycles. The van der Waals surface area contributed by atoms with Crippen molar-refractivity contribution in [2.75, 3.05) is 20.7 Å². The van der Waals surface area contributed by atoms with E-state index in [-0.39, 0.29) is 5.91 Å². The Morgan fingerprint density at radius 3 is 2.26 bits per heavy atom. The Labute approximate surface area is 204 Å². The average molecular weight is 473 g/mol. The Hall–Kier alpha value is -3.58. The molecular weight excluding hydrogens is 444 g/mol. The minimum atomic E-state index is -0.000000571. The molecule has 0 bridgehead atoms. The number of rotatable bonds is 9. The van der Waals surface area contributed by atoms with Crippen LogP contribution in [-0.2, 0) is 12.2 Å². The van der Waals surface area contributed by atoms with Crippen LogP contribution in [0, 0.1) is 0 Å². The van der Waals surface area contributed by atoms with Gasteiger partial charge in [-0.1, -0.05) is 54.2 Å². The third kappa shape index (κ3) is 5.66. The lowest BCUT2D eigenvalue weighted by molar-refractivity contribution is 0.0827.